The summed E-state index contributed by atoms with van der Waals surface area (Å²) in [6.45, 7) is 1.89. The van der Waals surface area contributed by atoms with E-state index in [-0.39, 0.29) is 5.91 Å². The van der Waals surface area contributed by atoms with E-state index in [2.05, 4.69) is 11.4 Å². The van der Waals surface area contributed by atoms with Crippen molar-refractivity contribution in [2.45, 2.75) is 25.9 Å². The van der Waals surface area contributed by atoms with Gasteiger partial charge in [0.05, 0.1) is 19.6 Å². The van der Waals surface area contributed by atoms with Gasteiger partial charge in [0.15, 0.2) is 6.10 Å². The summed E-state index contributed by atoms with van der Waals surface area (Å²) in [7, 11) is 1.58. The summed E-state index contributed by atoms with van der Waals surface area (Å²) >= 11 is 0. The maximum atomic E-state index is 12.4. The first kappa shape index (κ1) is 17.4. The Bertz CT molecular complexity index is 720. The molecule has 2 aromatic rings. The lowest BCUT2D eigenvalue weighted by atomic mass is 10.1. The first-order chi connectivity index (χ1) is 11.7. The zero-order valence-corrected chi connectivity index (χ0v) is 13.8. The summed E-state index contributed by atoms with van der Waals surface area (Å²) in [5.41, 5.74) is 1.59. The van der Waals surface area contributed by atoms with Crippen LogP contribution in [0.2, 0.25) is 0 Å². The molecule has 0 heterocycles. The van der Waals surface area contributed by atoms with Crippen LogP contribution in [-0.2, 0) is 11.2 Å². The fraction of sp³-hybridized carbons (Fsp3) is 0.263. The van der Waals surface area contributed by atoms with Gasteiger partial charge >= 0.3 is 0 Å². The van der Waals surface area contributed by atoms with Crippen LogP contribution < -0.4 is 14.8 Å². The molecule has 0 saturated carbocycles. The topological polar surface area (TPSA) is 71.3 Å². The van der Waals surface area contributed by atoms with Gasteiger partial charge < -0.3 is 14.8 Å². The number of nitrogens with zero attached hydrogens (tertiary/aromatic N) is 1. The number of hydrogen-bond donors (Lipinski definition) is 1. The Labute approximate surface area is 141 Å². The number of methoxy groups -OCH3 is 1. The van der Waals surface area contributed by atoms with Crippen molar-refractivity contribution in [3.05, 3.63) is 54.1 Å². The van der Waals surface area contributed by atoms with E-state index in [1.54, 1.807) is 31.4 Å². The number of hydrogen-bond acceptors (Lipinski definition) is 4. The summed E-state index contributed by atoms with van der Waals surface area (Å²) in [6.07, 6.45) is 0.288. The Morgan fingerprint density at radius 3 is 2.54 bits per heavy atom. The summed E-state index contributed by atoms with van der Waals surface area (Å²) in [4.78, 5) is 12.4. The molecule has 0 bridgehead atoms. The lowest BCUT2D eigenvalue weighted by Gasteiger charge is -2.17. The molecular formula is C19H20N2O3. The molecule has 0 saturated heterocycles. The quantitative estimate of drug-likeness (QED) is 0.845. The maximum Gasteiger partial charge on any atom is 0.265 e. The van der Waals surface area contributed by atoms with Crippen molar-refractivity contribution in [1.82, 2.24) is 0 Å². The second kappa shape index (κ2) is 8.59. The van der Waals surface area contributed by atoms with Crippen LogP contribution in [0.15, 0.2) is 48.5 Å². The number of rotatable bonds is 7. The van der Waals surface area contributed by atoms with Crippen molar-refractivity contribution < 1.29 is 14.3 Å². The van der Waals surface area contributed by atoms with Crippen molar-refractivity contribution in [1.29, 1.82) is 5.26 Å². The van der Waals surface area contributed by atoms with Gasteiger partial charge in [-0.1, -0.05) is 25.1 Å². The third-order valence-electron chi connectivity index (χ3n) is 3.49. The lowest BCUT2D eigenvalue weighted by molar-refractivity contribution is -0.122. The third-order valence-corrected chi connectivity index (χ3v) is 3.49. The number of anilines is 1. The minimum atomic E-state index is -0.601. The highest BCUT2D eigenvalue weighted by molar-refractivity contribution is 5.94. The molecule has 1 N–H and O–H groups in total. The van der Waals surface area contributed by atoms with Gasteiger partial charge in [-0.3, -0.25) is 4.79 Å². The van der Waals surface area contributed by atoms with Gasteiger partial charge in [-0.05, 0) is 36.2 Å². The molecule has 0 spiro atoms. The maximum absolute atomic E-state index is 12.4. The minimum Gasteiger partial charge on any atom is -0.497 e. The first-order valence-electron chi connectivity index (χ1n) is 7.73. The first-order valence-corrected chi connectivity index (χ1v) is 7.73. The molecule has 1 atom stereocenters. The van der Waals surface area contributed by atoms with Crippen LogP contribution in [0.5, 0.6) is 11.5 Å². The van der Waals surface area contributed by atoms with Crippen LogP contribution in [0.3, 0.4) is 0 Å². The number of carbonyl (C=O) groups excluding carboxylic acids is 1. The highest BCUT2D eigenvalue weighted by Gasteiger charge is 2.18. The van der Waals surface area contributed by atoms with Gasteiger partial charge in [-0.15, -0.1) is 0 Å². The molecule has 5 nitrogen and oxygen atoms in total. The summed E-state index contributed by atoms with van der Waals surface area (Å²) in [5.74, 6) is 1.05. The van der Waals surface area contributed by atoms with Crippen LogP contribution in [0.25, 0.3) is 0 Å². The average Bonchev–Trinajstić information content (AvgIpc) is 2.61. The normalized spacial score (nSPS) is 11.2. The standard InChI is InChI=1S/C19H20N2O3/c1-3-18(24-17-6-4-5-16(13-17)23-2)19(22)21-15-9-7-14(8-10-15)11-12-20/h4-10,13,18H,3,11H2,1-2H3,(H,21,22)/t18-/m1/s1. The van der Waals surface area contributed by atoms with Crippen molar-refractivity contribution in [3.8, 4) is 17.6 Å². The van der Waals surface area contributed by atoms with Crippen LogP contribution in [0, 0.1) is 11.3 Å². The second-order valence-electron chi connectivity index (χ2n) is 5.21. The van der Waals surface area contributed by atoms with E-state index in [1.807, 2.05) is 31.2 Å². The molecule has 2 rings (SSSR count). The third kappa shape index (κ3) is 4.75. The number of amides is 1. The Morgan fingerprint density at radius 2 is 1.92 bits per heavy atom. The molecule has 0 aromatic heterocycles. The van der Waals surface area contributed by atoms with Gasteiger partial charge in [0.25, 0.3) is 5.91 Å². The molecule has 0 fully saturated rings. The molecule has 124 valence electrons. The molecule has 0 unspecified atom stereocenters. The van der Waals surface area contributed by atoms with E-state index in [0.29, 0.717) is 30.0 Å². The highest BCUT2D eigenvalue weighted by atomic mass is 16.5. The van der Waals surface area contributed by atoms with E-state index in [1.165, 1.54) is 0 Å². The molecule has 0 aliphatic heterocycles. The van der Waals surface area contributed by atoms with Crippen molar-refractivity contribution in [3.63, 3.8) is 0 Å². The Morgan fingerprint density at radius 1 is 1.21 bits per heavy atom. The van der Waals surface area contributed by atoms with Gasteiger partial charge in [-0.25, -0.2) is 0 Å². The van der Waals surface area contributed by atoms with E-state index in [9.17, 15) is 4.79 Å². The fourth-order valence-electron chi connectivity index (χ4n) is 2.18. The predicted octanol–water partition coefficient (Wildman–Crippen LogP) is 3.56. The van der Waals surface area contributed by atoms with Crippen molar-refractivity contribution >= 4 is 11.6 Å². The van der Waals surface area contributed by atoms with Gasteiger partial charge in [0, 0.05) is 11.8 Å². The molecule has 5 heteroatoms. The Hall–Kier alpha value is -3.00. The van der Waals surface area contributed by atoms with E-state index < -0.39 is 6.10 Å². The molecule has 2 aromatic carbocycles. The fourth-order valence-corrected chi connectivity index (χ4v) is 2.18. The Balaban J connectivity index is 2.01. The van der Waals surface area contributed by atoms with E-state index in [0.717, 1.165) is 5.56 Å². The monoisotopic (exact) mass is 324 g/mol. The second-order valence-corrected chi connectivity index (χ2v) is 5.21. The number of carbonyl (C=O) groups is 1. The molecule has 0 radical (unpaired) electrons. The van der Waals surface area contributed by atoms with Crippen LogP contribution >= 0.6 is 0 Å². The van der Waals surface area contributed by atoms with Crippen LogP contribution in [0.1, 0.15) is 18.9 Å². The summed E-state index contributed by atoms with van der Waals surface area (Å²) in [5, 5.41) is 11.5. The number of ether oxygens (including phenoxy) is 2. The van der Waals surface area contributed by atoms with Crippen molar-refractivity contribution in [2.75, 3.05) is 12.4 Å². The van der Waals surface area contributed by atoms with Gasteiger partial charge in [0.2, 0.25) is 0 Å². The van der Waals surface area contributed by atoms with Gasteiger partial charge in [-0.2, -0.15) is 5.26 Å². The Kier molecular flexibility index (Phi) is 6.21. The number of benzene rings is 2. The zero-order valence-electron chi connectivity index (χ0n) is 13.8. The smallest absolute Gasteiger partial charge is 0.265 e. The molecule has 0 aliphatic carbocycles. The average molecular weight is 324 g/mol. The van der Waals surface area contributed by atoms with E-state index in [4.69, 9.17) is 14.7 Å². The largest absolute Gasteiger partial charge is 0.497 e. The SMILES string of the molecule is CC[C@@H](Oc1cccc(OC)c1)C(=O)Nc1ccc(CC#N)cc1. The van der Waals surface area contributed by atoms with Crippen LogP contribution in [0.4, 0.5) is 5.69 Å². The molecular weight excluding hydrogens is 304 g/mol. The number of nitrogens with one attached hydrogen (secondary N) is 1. The predicted molar refractivity (Wildman–Crippen MR) is 92.1 cm³/mol. The van der Waals surface area contributed by atoms with Crippen molar-refractivity contribution in [2.24, 2.45) is 0 Å². The molecule has 0 aliphatic rings. The zero-order chi connectivity index (χ0) is 17.4. The molecule has 24 heavy (non-hydrogen) atoms. The van der Waals surface area contributed by atoms with E-state index >= 15 is 0 Å². The summed E-state index contributed by atoms with van der Waals surface area (Å²) in [6, 6.07) is 16.5. The molecule has 1 amide bonds. The number of nitriles is 1. The lowest BCUT2D eigenvalue weighted by Crippen LogP contribution is -2.32. The highest BCUT2D eigenvalue weighted by Crippen LogP contribution is 2.21. The minimum absolute atomic E-state index is 0.214. The van der Waals surface area contributed by atoms with Crippen LogP contribution in [-0.4, -0.2) is 19.1 Å². The van der Waals surface area contributed by atoms with Gasteiger partial charge in [0.1, 0.15) is 11.5 Å². The summed E-state index contributed by atoms with van der Waals surface area (Å²) < 4.78 is 10.9.